The number of nitrogens with one attached hydrogen (secondary N) is 2. The summed E-state index contributed by atoms with van der Waals surface area (Å²) in [5.74, 6) is 8.14. The Kier molecular flexibility index (Phi) is 7.77. The zero-order valence-corrected chi connectivity index (χ0v) is 28.6. The molecule has 0 radical (unpaired) electrons. The standard InChI is InChI=1S/C38H44N6O4/c1-36(2,3)47-34(45)43-19-7-8-30(43)32-39-22-29(42-32)26-14-11-24(12-15-26)9-10-25-13-16-27-28(20-25)41-33(40-27)31-21-38(17-18-38)23-44(31)35(46)48-37(4,5)6/h11-16,20,22,30-31H,7-8,17-19,21,23H2,1-6H3,(H,39,42)(H,40,41)/t30-,31-/m0/s1. The molecule has 48 heavy (non-hydrogen) atoms. The number of fused-ring (bicyclic) bond motifs is 1. The van der Waals surface area contributed by atoms with Crippen LogP contribution in [0.15, 0.2) is 48.7 Å². The van der Waals surface area contributed by atoms with Crippen molar-refractivity contribution in [1.82, 2.24) is 29.7 Å². The smallest absolute Gasteiger partial charge is 0.410 e. The molecule has 2 aromatic carbocycles. The Balaban J connectivity index is 1.03. The van der Waals surface area contributed by atoms with Crippen LogP contribution in [0.3, 0.4) is 0 Å². The molecule has 2 amide bonds. The van der Waals surface area contributed by atoms with E-state index in [-0.39, 0.29) is 29.7 Å². The van der Waals surface area contributed by atoms with Crippen molar-refractivity contribution in [2.75, 3.05) is 13.1 Å². The summed E-state index contributed by atoms with van der Waals surface area (Å²) in [4.78, 5) is 45.9. The van der Waals surface area contributed by atoms with E-state index >= 15 is 0 Å². The highest BCUT2D eigenvalue weighted by Gasteiger charge is 2.55. The fourth-order valence-electron chi connectivity index (χ4n) is 6.74. The van der Waals surface area contributed by atoms with E-state index in [0.717, 1.165) is 77.2 Å². The Morgan fingerprint density at radius 1 is 0.854 bits per heavy atom. The minimum atomic E-state index is -0.548. The highest BCUT2D eigenvalue weighted by Crippen LogP contribution is 2.58. The van der Waals surface area contributed by atoms with Gasteiger partial charge in [-0.1, -0.05) is 24.0 Å². The van der Waals surface area contributed by atoms with Gasteiger partial charge in [0.2, 0.25) is 0 Å². The van der Waals surface area contributed by atoms with E-state index in [2.05, 4.69) is 26.8 Å². The molecule has 250 valence electrons. The van der Waals surface area contributed by atoms with E-state index in [0.29, 0.717) is 13.1 Å². The summed E-state index contributed by atoms with van der Waals surface area (Å²) >= 11 is 0. The summed E-state index contributed by atoms with van der Waals surface area (Å²) in [6.45, 7) is 12.7. The average Bonchev–Trinajstić information content (AvgIpc) is 3.50. The lowest BCUT2D eigenvalue weighted by Gasteiger charge is -2.27. The van der Waals surface area contributed by atoms with Gasteiger partial charge in [0.1, 0.15) is 22.9 Å². The Morgan fingerprint density at radius 3 is 2.21 bits per heavy atom. The molecule has 3 fully saturated rings. The van der Waals surface area contributed by atoms with Crippen molar-refractivity contribution >= 4 is 23.2 Å². The minimum absolute atomic E-state index is 0.126. The normalized spacial score (nSPS) is 20.2. The zero-order chi connectivity index (χ0) is 33.8. The van der Waals surface area contributed by atoms with Crippen LogP contribution in [0, 0.1) is 17.3 Å². The number of aromatic nitrogens is 4. The number of carbonyl (C=O) groups excluding carboxylic acids is 2. The SMILES string of the molecule is CC(C)(C)OC(=O)N1CCC[C@H]1c1ncc(-c2ccc(C#Cc3ccc4nc([C@@H]5CC6(CC6)CN5C(=O)OC(C)(C)C)[nH]c4c3)cc2)[nH]1. The number of imidazole rings is 2. The second-order valence-electron chi connectivity index (χ2n) is 15.5. The van der Waals surface area contributed by atoms with Gasteiger partial charge in [-0.2, -0.15) is 0 Å². The second-order valence-corrected chi connectivity index (χ2v) is 15.5. The van der Waals surface area contributed by atoms with Crippen molar-refractivity contribution in [2.24, 2.45) is 5.41 Å². The molecule has 1 aliphatic carbocycles. The van der Waals surface area contributed by atoms with Crippen LogP contribution in [0.25, 0.3) is 22.3 Å². The predicted octanol–water partition coefficient (Wildman–Crippen LogP) is 7.89. The lowest BCUT2D eigenvalue weighted by atomic mass is 10.0. The third kappa shape index (κ3) is 6.77. The molecule has 2 aliphatic heterocycles. The summed E-state index contributed by atoms with van der Waals surface area (Å²) in [6, 6.07) is 13.8. The number of hydrogen-bond donors (Lipinski definition) is 2. The van der Waals surface area contributed by atoms with E-state index in [1.54, 1.807) is 4.90 Å². The molecule has 2 aromatic heterocycles. The molecule has 2 atom stereocenters. The summed E-state index contributed by atoms with van der Waals surface area (Å²) in [5, 5.41) is 0. The number of nitrogens with zero attached hydrogens (tertiary/aromatic N) is 4. The van der Waals surface area contributed by atoms with Crippen molar-refractivity contribution in [3.63, 3.8) is 0 Å². The molecular weight excluding hydrogens is 604 g/mol. The first kappa shape index (κ1) is 31.8. The summed E-state index contributed by atoms with van der Waals surface area (Å²) in [7, 11) is 0. The second kappa shape index (κ2) is 11.7. The molecular formula is C38H44N6O4. The lowest BCUT2D eigenvalue weighted by Crippen LogP contribution is -2.37. The average molecular weight is 649 g/mol. The molecule has 0 unspecified atom stereocenters. The molecule has 2 N–H and O–H groups in total. The summed E-state index contributed by atoms with van der Waals surface area (Å²) in [5.41, 5.74) is 4.51. The van der Waals surface area contributed by atoms with E-state index in [4.69, 9.17) is 14.5 Å². The van der Waals surface area contributed by atoms with Gasteiger partial charge in [0.25, 0.3) is 0 Å². The topological polar surface area (TPSA) is 116 Å². The van der Waals surface area contributed by atoms with Gasteiger partial charge >= 0.3 is 12.2 Å². The van der Waals surface area contributed by atoms with Crippen molar-refractivity contribution < 1.29 is 19.1 Å². The number of likely N-dealkylation sites (tertiary alicyclic amines) is 2. The first-order valence-corrected chi connectivity index (χ1v) is 16.9. The van der Waals surface area contributed by atoms with Crippen molar-refractivity contribution in [3.05, 3.63) is 71.4 Å². The fourth-order valence-corrected chi connectivity index (χ4v) is 6.74. The number of H-pyrrole nitrogens is 2. The maximum atomic E-state index is 13.1. The molecule has 2 saturated heterocycles. The molecule has 1 spiro atoms. The first-order valence-electron chi connectivity index (χ1n) is 16.9. The quantitative estimate of drug-likeness (QED) is 0.218. The van der Waals surface area contributed by atoms with Crippen LogP contribution in [0.1, 0.15) is 109 Å². The fraction of sp³-hybridized carbons (Fsp3) is 0.474. The Bertz CT molecular complexity index is 1910. The number of carbonyl (C=O) groups is 2. The number of hydrogen-bond acceptors (Lipinski definition) is 6. The molecule has 10 heteroatoms. The van der Waals surface area contributed by atoms with Crippen LogP contribution in [0.4, 0.5) is 9.59 Å². The van der Waals surface area contributed by atoms with Crippen molar-refractivity contribution in [2.45, 2.75) is 96.9 Å². The van der Waals surface area contributed by atoms with Crippen LogP contribution in [-0.2, 0) is 9.47 Å². The largest absolute Gasteiger partial charge is 0.444 e. The molecule has 4 aromatic rings. The van der Waals surface area contributed by atoms with Gasteiger partial charge in [0.05, 0.1) is 35.0 Å². The number of benzene rings is 2. The molecule has 1 saturated carbocycles. The molecule has 4 heterocycles. The number of aromatic amines is 2. The van der Waals surface area contributed by atoms with Crippen molar-refractivity contribution in [1.29, 1.82) is 0 Å². The van der Waals surface area contributed by atoms with Gasteiger partial charge in [-0.15, -0.1) is 0 Å². The van der Waals surface area contributed by atoms with Crippen molar-refractivity contribution in [3.8, 4) is 23.1 Å². The number of rotatable bonds is 3. The van der Waals surface area contributed by atoms with Gasteiger partial charge in [0.15, 0.2) is 0 Å². The third-order valence-corrected chi connectivity index (χ3v) is 9.25. The van der Waals surface area contributed by atoms with Crippen LogP contribution < -0.4 is 0 Å². The summed E-state index contributed by atoms with van der Waals surface area (Å²) in [6.07, 6.45) is 6.18. The maximum absolute atomic E-state index is 13.1. The highest BCUT2D eigenvalue weighted by atomic mass is 16.6. The van der Waals surface area contributed by atoms with Gasteiger partial charge in [-0.25, -0.2) is 19.6 Å². The Hall–Kier alpha value is -4.78. The molecule has 10 nitrogen and oxygen atoms in total. The molecule has 0 bridgehead atoms. The van der Waals surface area contributed by atoms with E-state index in [1.165, 1.54) is 0 Å². The molecule has 7 rings (SSSR count). The minimum Gasteiger partial charge on any atom is -0.444 e. The summed E-state index contributed by atoms with van der Waals surface area (Å²) < 4.78 is 11.4. The lowest BCUT2D eigenvalue weighted by molar-refractivity contribution is 0.0205. The Labute approximate surface area is 281 Å². The van der Waals surface area contributed by atoms with E-state index in [1.807, 2.05) is 95.1 Å². The van der Waals surface area contributed by atoms with E-state index < -0.39 is 11.2 Å². The third-order valence-electron chi connectivity index (χ3n) is 9.25. The van der Waals surface area contributed by atoms with E-state index in [9.17, 15) is 9.59 Å². The van der Waals surface area contributed by atoms with Crippen LogP contribution in [0.5, 0.6) is 0 Å². The number of ether oxygens (including phenoxy) is 2. The van der Waals surface area contributed by atoms with Gasteiger partial charge in [-0.05, 0) is 115 Å². The molecule has 3 aliphatic rings. The van der Waals surface area contributed by atoms with Crippen LogP contribution in [-0.4, -0.2) is 66.2 Å². The van der Waals surface area contributed by atoms with Crippen LogP contribution in [0.2, 0.25) is 0 Å². The highest BCUT2D eigenvalue weighted by molar-refractivity contribution is 5.78. The van der Waals surface area contributed by atoms with Gasteiger partial charge in [0, 0.05) is 24.2 Å². The predicted molar refractivity (Wildman–Crippen MR) is 183 cm³/mol. The maximum Gasteiger partial charge on any atom is 0.410 e. The monoisotopic (exact) mass is 648 g/mol. The van der Waals surface area contributed by atoms with Gasteiger partial charge < -0.3 is 19.4 Å². The first-order chi connectivity index (χ1) is 22.7. The van der Waals surface area contributed by atoms with Crippen LogP contribution >= 0.6 is 0 Å². The Morgan fingerprint density at radius 2 is 1.52 bits per heavy atom. The zero-order valence-electron chi connectivity index (χ0n) is 28.6. The number of amides is 2. The van der Waals surface area contributed by atoms with Gasteiger partial charge in [-0.3, -0.25) is 9.80 Å².